The van der Waals surface area contributed by atoms with Crippen molar-refractivity contribution in [2.45, 2.75) is 38.1 Å². The van der Waals surface area contributed by atoms with Gasteiger partial charge in [-0.3, -0.25) is 14.4 Å². The fourth-order valence-electron chi connectivity index (χ4n) is 3.29. The molecule has 0 radical (unpaired) electrons. The monoisotopic (exact) mass is 401 g/mol. The normalized spacial score (nSPS) is 20.9. The Morgan fingerprint density at radius 2 is 1.88 bits per heavy atom. The highest BCUT2D eigenvalue weighted by Crippen LogP contribution is 2.33. The maximum Gasteiger partial charge on any atom is 0.307 e. The maximum atomic E-state index is 12.7. The molecule has 0 heterocycles. The predicted octanol–water partition coefficient (Wildman–Crippen LogP) is 3.60. The molecule has 1 saturated carbocycles. The SMILES string of the molecule is COC(=O)CC(NC(=O)C1CCCCC1C(=O)O)c1ccc(Cl)cc1Cl. The summed E-state index contributed by atoms with van der Waals surface area (Å²) >= 11 is 12.1. The van der Waals surface area contributed by atoms with E-state index >= 15 is 0 Å². The summed E-state index contributed by atoms with van der Waals surface area (Å²) in [6.07, 6.45) is 2.44. The van der Waals surface area contributed by atoms with Crippen LogP contribution in [-0.2, 0) is 19.1 Å². The first kappa shape index (κ1) is 20.5. The highest BCUT2D eigenvalue weighted by Gasteiger charge is 2.37. The van der Waals surface area contributed by atoms with E-state index in [1.54, 1.807) is 12.1 Å². The molecule has 2 N–H and O–H groups in total. The number of rotatable bonds is 6. The van der Waals surface area contributed by atoms with E-state index in [1.807, 2.05) is 0 Å². The van der Waals surface area contributed by atoms with Gasteiger partial charge in [0.25, 0.3) is 0 Å². The Kier molecular flexibility index (Phi) is 7.29. The number of methoxy groups -OCH3 is 1. The minimum Gasteiger partial charge on any atom is -0.481 e. The molecule has 1 aromatic carbocycles. The fourth-order valence-corrected chi connectivity index (χ4v) is 3.83. The number of esters is 1. The molecule has 0 bridgehead atoms. The van der Waals surface area contributed by atoms with Gasteiger partial charge in [0.2, 0.25) is 5.91 Å². The van der Waals surface area contributed by atoms with E-state index in [4.69, 9.17) is 27.9 Å². The van der Waals surface area contributed by atoms with Gasteiger partial charge in [-0.15, -0.1) is 0 Å². The second kappa shape index (κ2) is 9.24. The van der Waals surface area contributed by atoms with Crippen LogP contribution >= 0.6 is 23.2 Å². The lowest BCUT2D eigenvalue weighted by molar-refractivity contribution is -0.149. The minimum atomic E-state index is -0.973. The van der Waals surface area contributed by atoms with Crippen LogP contribution < -0.4 is 5.32 Å². The lowest BCUT2D eigenvalue weighted by Gasteiger charge is -2.29. The Labute approximate surface area is 161 Å². The van der Waals surface area contributed by atoms with Gasteiger partial charge in [-0.25, -0.2) is 0 Å². The number of halogens is 2. The van der Waals surface area contributed by atoms with Gasteiger partial charge in [-0.05, 0) is 30.5 Å². The second-order valence-electron chi connectivity index (χ2n) is 6.34. The molecule has 1 fully saturated rings. The molecule has 0 spiro atoms. The first-order valence-corrected chi connectivity index (χ1v) is 9.14. The third-order valence-corrected chi connectivity index (χ3v) is 5.24. The van der Waals surface area contributed by atoms with Crippen LogP contribution in [0.2, 0.25) is 10.0 Å². The largest absolute Gasteiger partial charge is 0.481 e. The zero-order chi connectivity index (χ0) is 19.3. The van der Waals surface area contributed by atoms with Crippen molar-refractivity contribution < 1.29 is 24.2 Å². The number of aliphatic carboxylic acids is 1. The summed E-state index contributed by atoms with van der Waals surface area (Å²) < 4.78 is 4.70. The second-order valence-corrected chi connectivity index (χ2v) is 7.19. The highest BCUT2D eigenvalue weighted by molar-refractivity contribution is 6.35. The lowest BCUT2D eigenvalue weighted by Crippen LogP contribution is -2.41. The maximum absolute atomic E-state index is 12.7. The molecule has 2 rings (SSSR count). The Hall–Kier alpha value is -1.79. The Morgan fingerprint density at radius 3 is 2.46 bits per heavy atom. The number of carbonyl (C=O) groups is 3. The minimum absolute atomic E-state index is 0.117. The van der Waals surface area contributed by atoms with Gasteiger partial charge in [-0.2, -0.15) is 0 Å². The summed E-state index contributed by atoms with van der Waals surface area (Å²) in [6, 6.07) is 4.04. The van der Waals surface area contributed by atoms with Crippen LogP contribution in [0.4, 0.5) is 0 Å². The molecule has 1 amide bonds. The number of carbonyl (C=O) groups excluding carboxylic acids is 2. The van der Waals surface area contributed by atoms with E-state index in [0.29, 0.717) is 28.5 Å². The number of carboxylic acid groups (broad SMARTS) is 1. The first-order valence-electron chi connectivity index (χ1n) is 8.38. The standard InChI is InChI=1S/C18H21Cl2NO5/c1-26-16(22)9-15(13-7-6-10(19)8-14(13)20)21-17(23)11-4-2-3-5-12(11)18(24)25/h6-8,11-12,15H,2-5,9H2,1H3,(H,21,23)(H,24,25). The number of benzene rings is 1. The first-order chi connectivity index (χ1) is 12.3. The van der Waals surface area contributed by atoms with E-state index < -0.39 is 35.7 Å². The zero-order valence-corrected chi connectivity index (χ0v) is 15.8. The molecule has 142 valence electrons. The average molecular weight is 402 g/mol. The number of amides is 1. The van der Waals surface area contributed by atoms with Crippen LogP contribution in [0.15, 0.2) is 18.2 Å². The van der Waals surface area contributed by atoms with E-state index in [0.717, 1.165) is 12.8 Å². The van der Waals surface area contributed by atoms with Crippen molar-refractivity contribution in [3.63, 3.8) is 0 Å². The van der Waals surface area contributed by atoms with Gasteiger partial charge in [0.05, 0.1) is 31.4 Å². The molecule has 8 heteroatoms. The van der Waals surface area contributed by atoms with Crippen LogP contribution in [0.3, 0.4) is 0 Å². The third-order valence-electron chi connectivity index (χ3n) is 4.67. The van der Waals surface area contributed by atoms with E-state index in [9.17, 15) is 19.5 Å². The van der Waals surface area contributed by atoms with E-state index in [2.05, 4.69) is 5.32 Å². The van der Waals surface area contributed by atoms with Gasteiger partial charge in [0.15, 0.2) is 0 Å². The fraction of sp³-hybridized carbons (Fsp3) is 0.500. The third kappa shape index (κ3) is 5.11. The molecule has 3 unspecified atom stereocenters. The number of ether oxygens (including phenoxy) is 1. The Morgan fingerprint density at radius 1 is 1.23 bits per heavy atom. The molecular weight excluding hydrogens is 381 g/mol. The molecule has 0 aromatic heterocycles. The quantitative estimate of drug-likeness (QED) is 0.710. The molecule has 26 heavy (non-hydrogen) atoms. The molecule has 1 aliphatic rings. The smallest absolute Gasteiger partial charge is 0.307 e. The van der Waals surface area contributed by atoms with Crippen LogP contribution in [0.5, 0.6) is 0 Å². The summed E-state index contributed by atoms with van der Waals surface area (Å²) in [5.74, 6) is -3.23. The number of hydrogen-bond acceptors (Lipinski definition) is 4. The molecule has 3 atom stereocenters. The van der Waals surface area contributed by atoms with E-state index in [1.165, 1.54) is 13.2 Å². The van der Waals surface area contributed by atoms with Gasteiger partial charge in [0.1, 0.15) is 0 Å². The summed E-state index contributed by atoms with van der Waals surface area (Å²) in [7, 11) is 1.26. The molecule has 1 aliphatic carbocycles. The molecule has 6 nitrogen and oxygen atoms in total. The van der Waals surface area contributed by atoms with Gasteiger partial charge in [0, 0.05) is 10.0 Å². The summed E-state index contributed by atoms with van der Waals surface area (Å²) in [6.45, 7) is 0. The number of carboxylic acids is 1. The van der Waals surface area contributed by atoms with Crippen molar-refractivity contribution in [2.75, 3.05) is 7.11 Å². The van der Waals surface area contributed by atoms with Gasteiger partial charge < -0.3 is 15.2 Å². The molecule has 0 aliphatic heterocycles. The molecule has 1 aromatic rings. The predicted molar refractivity (Wildman–Crippen MR) is 97.1 cm³/mol. The Bertz CT molecular complexity index is 694. The Balaban J connectivity index is 2.23. The van der Waals surface area contributed by atoms with Crippen molar-refractivity contribution in [1.29, 1.82) is 0 Å². The van der Waals surface area contributed by atoms with Crippen LogP contribution in [0, 0.1) is 11.8 Å². The summed E-state index contributed by atoms with van der Waals surface area (Å²) in [5.41, 5.74) is 0.525. The summed E-state index contributed by atoms with van der Waals surface area (Å²) in [5, 5.41) is 12.9. The zero-order valence-electron chi connectivity index (χ0n) is 14.3. The number of nitrogens with one attached hydrogen (secondary N) is 1. The van der Waals surface area contributed by atoms with Crippen LogP contribution in [0.25, 0.3) is 0 Å². The van der Waals surface area contributed by atoms with Gasteiger partial charge in [-0.1, -0.05) is 42.1 Å². The lowest BCUT2D eigenvalue weighted by atomic mass is 9.78. The topological polar surface area (TPSA) is 92.7 Å². The summed E-state index contributed by atoms with van der Waals surface area (Å²) in [4.78, 5) is 36.0. The highest BCUT2D eigenvalue weighted by atomic mass is 35.5. The molecular formula is C18H21Cl2NO5. The van der Waals surface area contributed by atoms with Crippen molar-refractivity contribution >= 4 is 41.0 Å². The van der Waals surface area contributed by atoms with E-state index in [-0.39, 0.29) is 6.42 Å². The van der Waals surface area contributed by atoms with Crippen molar-refractivity contribution in [3.8, 4) is 0 Å². The van der Waals surface area contributed by atoms with Crippen LogP contribution in [0.1, 0.15) is 43.7 Å². The van der Waals surface area contributed by atoms with Crippen molar-refractivity contribution in [3.05, 3.63) is 33.8 Å². The van der Waals surface area contributed by atoms with Crippen molar-refractivity contribution in [2.24, 2.45) is 11.8 Å². The number of hydrogen-bond donors (Lipinski definition) is 2. The van der Waals surface area contributed by atoms with Crippen molar-refractivity contribution in [1.82, 2.24) is 5.32 Å². The molecule has 0 saturated heterocycles. The van der Waals surface area contributed by atoms with Gasteiger partial charge >= 0.3 is 11.9 Å². The van der Waals surface area contributed by atoms with Crippen LogP contribution in [-0.4, -0.2) is 30.1 Å². The average Bonchev–Trinajstić information content (AvgIpc) is 2.61.